The number of thioether (sulfide) groups is 1. The van der Waals surface area contributed by atoms with Crippen LogP contribution in [-0.4, -0.2) is 43.4 Å². The third-order valence-corrected chi connectivity index (χ3v) is 5.50. The van der Waals surface area contributed by atoms with Crippen molar-refractivity contribution in [3.05, 3.63) is 24.3 Å². The highest BCUT2D eigenvalue weighted by Crippen LogP contribution is 2.18. The van der Waals surface area contributed by atoms with Crippen LogP contribution >= 0.6 is 11.8 Å². The summed E-state index contributed by atoms with van der Waals surface area (Å²) in [5, 5.41) is 4.74. The van der Waals surface area contributed by atoms with E-state index in [-0.39, 0.29) is 10.8 Å². The highest BCUT2D eigenvalue weighted by atomic mass is 32.2. The summed E-state index contributed by atoms with van der Waals surface area (Å²) >= 11 is 1.83. The van der Waals surface area contributed by atoms with E-state index in [1.807, 2.05) is 11.8 Å². The Bertz CT molecular complexity index is 602. The number of anilines is 1. The van der Waals surface area contributed by atoms with Gasteiger partial charge in [-0.2, -0.15) is 11.8 Å². The molecule has 2 N–H and O–H groups in total. The van der Waals surface area contributed by atoms with Crippen LogP contribution in [0.4, 0.5) is 5.69 Å². The van der Waals surface area contributed by atoms with Gasteiger partial charge in [0, 0.05) is 36.7 Å². The Labute approximate surface area is 129 Å². The lowest BCUT2D eigenvalue weighted by molar-refractivity contribution is -0.114. The summed E-state index contributed by atoms with van der Waals surface area (Å²) in [5.41, 5.74) is 0.574. The highest BCUT2D eigenvalue weighted by molar-refractivity contribution is 8.00. The van der Waals surface area contributed by atoms with Gasteiger partial charge < -0.3 is 5.32 Å². The standard InChI is InChI=1S/C13H19N3O3S2/c1-10-9-16(7-8-20-10)15-21(18,19)13-5-3-12(4-6-13)14-11(2)17/h3-6,10,15H,7-9H2,1-2H3,(H,14,17)/t10-/m1/s1. The number of nitrogens with one attached hydrogen (secondary N) is 2. The normalized spacial score (nSPS) is 20.2. The van der Waals surface area contributed by atoms with E-state index in [1.54, 1.807) is 17.1 Å². The number of carbonyl (C=O) groups excluding carboxylic acids is 1. The number of hydrazine groups is 1. The van der Waals surface area contributed by atoms with Crippen LogP contribution in [0.3, 0.4) is 0 Å². The summed E-state index contributed by atoms with van der Waals surface area (Å²) in [6.45, 7) is 4.86. The number of hydrogen-bond donors (Lipinski definition) is 2. The molecule has 1 aliphatic heterocycles. The van der Waals surface area contributed by atoms with Gasteiger partial charge in [0.2, 0.25) is 5.91 Å². The molecule has 1 aromatic rings. The lowest BCUT2D eigenvalue weighted by Gasteiger charge is -2.30. The second-order valence-electron chi connectivity index (χ2n) is 4.93. The van der Waals surface area contributed by atoms with Gasteiger partial charge in [0.25, 0.3) is 10.0 Å². The van der Waals surface area contributed by atoms with E-state index < -0.39 is 10.0 Å². The number of hydrogen-bond acceptors (Lipinski definition) is 5. The molecule has 1 fully saturated rings. The lowest BCUT2D eigenvalue weighted by atomic mass is 10.3. The molecule has 0 bridgehead atoms. The second kappa shape index (κ2) is 6.78. The van der Waals surface area contributed by atoms with Gasteiger partial charge in [0.1, 0.15) is 0 Å². The molecule has 0 aliphatic carbocycles. The number of amides is 1. The van der Waals surface area contributed by atoms with Gasteiger partial charge in [0.15, 0.2) is 0 Å². The van der Waals surface area contributed by atoms with Crippen LogP contribution < -0.4 is 10.1 Å². The van der Waals surface area contributed by atoms with Gasteiger partial charge >= 0.3 is 0 Å². The van der Waals surface area contributed by atoms with Gasteiger partial charge in [-0.25, -0.2) is 13.4 Å². The SMILES string of the molecule is CC(=O)Nc1ccc(S(=O)(=O)NN2CCS[C@H](C)C2)cc1. The first-order chi connectivity index (χ1) is 9.87. The van der Waals surface area contributed by atoms with Crippen molar-refractivity contribution < 1.29 is 13.2 Å². The Balaban J connectivity index is 2.06. The van der Waals surface area contributed by atoms with E-state index >= 15 is 0 Å². The Morgan fingerprint density at radius 1 is 1.33 bits per heavy atom. The topological polar surface area (TPSA) is 78.5 Å². The molecule has 1 atom stereocenters. The molecule has 0 aromatic heterocycles. The summed E-state index contributed by atoms with van der Waals surface area (Å²) in [6, 6.07) is 6.11. The largest absolute Gasteiger partial charge is 0.326 e. The molecule has 0 unspecified atom stereocenters. The lowest BCUT2D eigenvalue weighted by Crippen LogP contribution is -2.48. The Kier molecular flexibility index (Phi) is 5.26. The maximum Gasteiger partial charge on any atom is 0.253 e. The third kappa shape index (κ3) is 4.70. The fourth-order valence-electron chi connectivity index (χ4n) is 2.04. The Morgan fingerprint density at radius 2 is 2.00 bits per heavy atom. The third-order valence-electron chi connectivity index (χ3n) is 2.98. The van der Waals surface area contributed by atoms with Crippen molar-refractivity contribution >= 4 is 33.4 Å². The molecule has 1 aliphatic rings. The summed E-state index contributed by atoms with van der Waals surface area (Å²) in [7, 11) is -3.57. The van der Waals surface area contributed by atoms with Gasteiger partial charge in [-0.3, -0.25) is 4.79 Å². The molecule has 1 amide bonds. The number of benzene rings is 1. The monoisotopic (exact) mass is 329 g/mol. The molecule has 21 heavy (non-hydrogen) atoms. The zero-order chi connectivity index (χ0) is 15.5. The Hall–Kier alpha value is -1.09. The number of rotatable bonds is 4. The van der Waals surface area contributed by atoms with E-state index in [2.05, 4.69) is 17.1 Å². The maximum absolute atomic E-state index is 12.3. The quantitative estimate of drug-likeness (QED) is 0.870. The van der Waals surface area contributed by atoms with Gasteiger partial charge in [-0.05, 0) is 24.3 Å². The van der Waals surface area contributed by atoms with Crippen LogP contribution in [0.15, 0.2) is 29.2 Å². The number of carbonyl (C=O) groups is 1. The number of sulfonamides is 1. The zero-order valence-electron chi connectivity index (χ0n) is 12.0. The molecular formula is C13H19N3O3S2. The van der Waals surface area contributed by atoms with Crippen molar-refractivity contribution in [2.45, 2.75) is 24.0 Å². The molecule has 1 heterocycles. The molecule has 116 valence electrons. The molecule has 0 spiro atoms. The number of nitrogens with zero attached hydrogens (tertiary/aromatic N) is 1. The highest BCUT2D eigenvalue weighted by Gasteiger charge is 2.22. The first-order valence-corrected chi connectivity index (χ1v) is 9.17. The van der Waals surface area contributed by atoms with Crippen molar-refractivity contribution in [2.24, 2.45) is 0 Å². The van der Waals surface area contributed by atoms with Crippen molar-refractivity contribution in [3.8, 4) is 0 Å². The molecule has 0 radical (unpaired) electrons. The van der Waals surface area contributed by atoms with Crippen molar-refractivity contribution in [2.75, 3.05) is 24.2 Å². The Morgan fingerprint density at radius 3 is 2.57 bits per heavy atom. The van der Waals surface area contributed by atoms with Crippen molar-refractivity contribution in [1.82, 2.24) is 9.84 Å². The summed E-state index contributed by atoms with van der Waals surface area (Å²) in [5.74, 6) is 0.717. The van der Waals surface area contributed by atoms with Gasteiger partial charge in [-0.1, -0.05) is 6.92 Å². The maximum atomic E-state index is 12.3. The average Bonchev–Trinajstić information content (AvgIpc) is 2.38. The summed E-state index contributed by atoms with van der Waals surface area (Å²) < 4.78 is 24.6. The fraction of sp³-hybridized carbons (Fsp3) is 0.462. The van der Waals surface area contributed by atoms with Crippen LogP contribution in [0.25, 0.3) is 0 Å². The minimum atomic E-state index is -3.57. The second-order valence-corrected chi connectivity index (χ2v) is 8.13. The van der Waals surface area contributed by atoms with Crippen LogP contribution in [0, 0.1) is 0 Å². The summed E-state index contributed by atoms with van der Waals surface area (Å²) in [4.78, 5) is 13.7. The molecule has 1 saturated heterocycles. The van der Waals surface area contributed by atoms with Gasteiger partial charge in [0.05, 0.1) is 4.90 Å². The molecule has 0 saturated carbocycles. The first kappa shape index (κ1) is 16.3. The van der Waals surface area contributed by atoms with Crippen LogP contribution in [0.2, 0.25) is 0 Å². The van der Waals surface area contributed by atoms with Crippen LogP contribution in [0.5, 0.6) is 0 Å². The molecule has 1 aromatic carbocycles. The molecule has 2 rings (SSSR count). The van der Waals surface area contributed by atoms with Crippen LogP contribution in [0.1, 0.15) is 13.8 Å². The van der Waals surface area contributed by atoms with E-state index in [1.165, 1.54) is 19.1 Å². The fourth-order valence-corrected chi connectivity index (χ4v) is 4.16. The van der Waals surface area contributed by atoms with Crippen molar-refractivity contribution in [3.63, 3.8) is 0 Å². The van der Waals surface area contributed by atoms with Gasteiger partial charge in [-0.15, -0.1) is 4.83 Å². The molecule has 8 heteroatoms. The van der Waals surface area contributed by atoms with Crippen LogP contribution in [-0.2, 0) is 14.8 Å². The van der Waals surface area contributed by atoms with E-state index in [4.69, 9.17) is 0 Å². The van der Waals surface area contributed by atoms with E-state index in [0.29, 0.717) is 24.0 Å². The first-order valence-electron chi connectivity index (χ1n) is 6.63. The minimum absolute atomic E-state index is 0.183. The predicted octanol–water partition coefficient (Wildman–Crippen LogP) is 1.28. The van der Waals surface area contributed by atoms with Crippen molar-refractivity contribution in [1.29, 1.82) is 0 Å². The predicted molar refractivity (Wildman–Crippen MR) is 84.6 cm³/mol. The molecular weight excluding hydrogens is 310 g/mol. The van der Waals surface area contributed by atoms with E-state index in [0.717, 1.165) is 5.75 Å². The zero-order valence-corrected chi connectivity index (χ0v) is 13.6. The summed E-state index contributed by atoms with van der Waals surface area (Å²) in [6.07, 6.45) is 0. The minimum Gasteiger partial charge on any atom is -0.326 e. The van der Waals surface area contributed by atoms with E-state index in [9.17, 15) is 13.2 Å². The smallest absolute Gasteiger partial charge is 0.253 e. The average molecular weight is 329 g/mol. The molecule has 6 nitrogen and oxygen atoms in total.